The predicted molar refractivity (Wildman–Crippen MR) is 134 cm³/mol. The van der Waals surface area contributed by atoms with Crippen LogP contribution in [0.25, 0.3) is 6.08 Å². The lowest BCUT2D eigenvalue weighted by Crippen LogP contribution is -2.49. The van der Waals surface area contributed by atoms with Gasteiger partial charge in [-0.2, -0.15) is 13.2 Å². The number of rotatable bonds is 4. The molecule has 3 aliphatic rings. The molecular formula is C30H33F3O4. The van der Waals surface area contributed by atoms with Gasteiger partial charge in [0.15, 0.2) is 0 Å². The van der Waals surface area contributed by atoms with E-state index in [-0.39, 0.29) is 24.1 Å². The first kappa shape index (κ1) is 26.0. The van der Waals surface area contributed by atoms with E-state index in [0.29, 0.717) is 29.6 Å². The second kappa shape index (κ2) is 9.28. The third-order valence-electron chi connectivity index (χ3n) is 9.32. The molecule has 0 saturated heterocycles. The number of aliphatic hydroxyl groups is 2. The van der Waals surface area contributed by atoms with E-state index in [4.69, 9.17) is 4.74 Å². The quantitative estimate of drug-likeness (QED) is 0.365. The number of hydrogen-bond acceptors (Lipinski definition) is 4. The summed E-state index contributed by atoms with van der Waals surface area (Å²) in [5, 5.41) is 21.3. The highest BCUT2D eigenvalue weighted by atomic mass is 19.4. The Morgan fingerprint density at radius 3 is 2.62 bits per heavy atom. The van der Waals surface area contributed by atoms with Crippen molar-refractivity contribution in [3.05, 3.63) is 70.3 Å². The molecule has 0 bridgehead atoms. The first-order chi connectivity index (χ1) is 17.4. The summed E-state index contributed by atoms with van der Waals surface area (Å²) in [5.74, 6) is 1.22. The lowest BCUT2D eigenvalue weighted by molar-refractivity contribution is -0.137. The molecule has 0 aliphatic heterocycles. The van der Waals surface area contributed by atoms with Crippen molar-refractivity contribution < 1.29 is 32.9 Å². The number of ether oxygens (including phenoxy) is 1. The number of aliphatic hydroxyl groups excluding tert-OH is 1. The average molecular weight is 515 g/mol. The molecule has 5 rings (SSSR count). The number of carbonyl (C=O) groups is 1. The van der Waals surface area contributed by atoms with Gasteiger partial charge in [-0.15, -0.1) is 0 Å². The fourth-order valence-corrected chi connectivity index (χ4v) is 7.45. The van der Waals surface area contributed by atoms with Crippen LogP contribution >= 0.6 is 0 Å². The number of esters is 1. The van der Waals surface area contributed by atoms with Crippen molar-refractivity contribution in [1.29, 1.82) is 0 Å². The number of hydrogen-bond donors (Lipinski definition) is 2. The van der Waals surface area contributed by atoms with Gasteiger partial charge in [0, 0.05) is 12.3 Å². The maximum Gasteiger partial charge on any atom is 0.416 e. The van der Waals surface area contributed by atoms with Gasteiger partial charge in [0.1, 0.15) is 5.75 Å². The molecule has 0 heterocycles. The van der Waals surface area contributed by atoms with E-state index in [9.17, 15) is 28.2 Å². The fraction of sp³-hybridized carbons (Fsp3) is 0.500. The Hall–Kier alpha value is -2.64. The number of carbonyl (C=O) groups excluding carboxylic acids is 1. The van der Waals surface area contributed by atoms with Gasteiger partial charge < -0.3 is 14.9 Å². The van der Waals surface area contributed by atoms with Gasteiger partial charge in [-0.3, -0.25) is 4.79 Å². The molecule has 4 nitrogen and oxygen atoms in total. The summed E-state index contributed by atoms with van der Waals surface area (Å²) >= 11 is 0. The predicted octanol–water partition coefficient (Wildman–Crippen LogP) is 6.42. The van der Waals surface area contributed by atoms with E-state index in [2.05, 4.69) is 13.0 Å². The molecule has 0 radical (unpaired) electrons. The van der Waals surface area contributed by atoms with E-state index in [0.717, 1.165) is 38.2 Å². The summed E-state index contributed by atoms with van der Waals surface area (Å²) in [6.45, 7) is 3.13. The second-order valence-corrected chi connectivity index (χ2v) is 11.2. The number of halogens is 3. The molecule has 2 aromatic carbocycles. The summed E-state index contributed by atoms with van der Waals surface area (Å²) < 4.78 is 46.2. The molecule has 3 aliphatic carbocycles. The molecular weight excluding hydrogens is 481 g/mol. The Kier molecular flexibility index (Phi) is 6.52. The Morgan fingerprint density at radius 1 is 1.14 bits per heavy atom. The van der Waals surface area contributed by atoms with Crippen molar-refractivity contribution >= 4 is 12.0 Å². The molecule has 0 aromatic heterocycles. The summed E-state index contributed by atoms with van der Waals surface area (Å²) in [7, 11) is 0. The first-order valence-electron chi connectivity index (χ1n) is 13.0. The molecule has 0 spiro atoms. The van der Waals surface area contributed by atoms with Crippen LogP contribution < -0.4 is 4.74 Å². The Balaban J connectivity index is 1.42. The van der Waals surface area contributed by atoms with Crippen molar-refractivity contribution in [3.8, 4) is 5.75 Å². The number of alkyl halides is 3. The van der Waals surface area contributed by atoms with Crippen LogP contribution in [-0.4, -0.2) is 21.8 Å². The topological polar surface area (TPSA) is 66.8 Å². The molecule has 198 valence electrons. The van der Waals surface area contributed by atoms with Crippen molar-refractivity contribution in [2.24, 2.45) is 17.3 Å². The van der Waals surface area contributed by atoms with Gasteiger partial charge in [0.05, 0.1) is 17.8 Å². The Morgan fingerprint density at radius 2 is 1.92 bits per heavy atom. The minimum Gasteiger partial charge on any atom is -0.427 e. The average Bonchev–Trinajstić information content (AvgIpc) is 3.12. The van der Waals surface area contributed by atoms with Crippen LogP contribution in [0, 0.1) is 17.3 Å². The van der Waals surface area contributed by atoms with E-state index < -0.39 is 22.8 Å². The molecule has 2 saturated carbocycles. The lowest BCUT2D eigenvalue weighted by atomic mass is 9.53. The van der Waals surface area contributed by atoms with Crippen molar-refractivity contribution in [1.82, 2.24) is 0 Å². The van der Waals surface area contributed by atoms with Crippen LogP contribution in [0.1, 0.15) is 79.7 Å². The summed E-state index contributed by atoms with van der Waals surface area (Å²) in [6.07, 6.45) is 3.29. The van der Waals surface area contributed by atoms with E-state index in [1.807, 2.05) is 12.1 Å². The zero-order valence-electron chi connectivity index (χ0n) is 21.1. The van der Waals surface area contributed by atoms with Gasteiger partial charge in [-0.25, -0.2) is 0 Å². The zero-order chi connectivity index (χ0) is 26.6. The van der Waals surface area contributed by atoms with Crippen LogP contribution in [0.3, 0.4) is 0 Å². The molecule has 0 amide bonds. The summed E-state index contributed by atoms with van der Waals surface area (Å²) in [4.78, 5) is 11.4. The highest BCUT2D eigenvalue weighted by molar-refractivity contribution is 5.69. The minimum absolute atomic E-state index is 0.0385. The fourth-order valence-electron chi connectivity index (χ4n) is 7.45. The third kappa shape index (κ3) is 4.50. The maximum atomic E-state index is 13.6. The SMILES string of the molecule is CC(=O)Oc1ccc2c(c1)CCC1C2CC[C@@]2(C)C1CC[C@@]2(O)C=Cc1cc(CO)ccc1C(F)(F)F. The van der Waals surface area contributed by atoms with Gasteiger partial charge in [0.2, 0.25) is 0 Å². The molecule has 2 aromatic rings. The summed E-state index contributed by atoms with van der Waals surface area (Å²) in [6, 6.07) is 9.50. The molecule has 3 unspecified atom stereocenters. The van der Waals surface area contributed by atoms with Crippen molar-refractivity contribution in [2.45, 2.75) is 76.7 Å². The van der Waals surface area contributed by atoms with E-state index >= 15 is 0 Å². The molecule has 5 atom stereocenters. The Labute approximate surface area is 215 Å². The number of aryl methyl sites for hydroxylation is 1. The first-order valence-corrected chi connectivity index (χ1v) is 13.0. The van der Waals surface area contributed by atoms with Crippen molar-refractivity contribution in [2.75, 3.05) is 0 Å². The van der Waals surface area contributed by atoms with Crippen LogP contribution in [-0.2, 0) is 24.0 Å². The van der Waals surface area contributed by atoms with Gasteiger partial charge in [-0.05, 0) is 103 Å². The normalized spacial score (nSPS) is 31.1. The van der Waals surface area contributed by atoms with Crippen LogP contribution in [0.5, 0.6) is 5.75 Å². The van der Waals surface area contributed by atoms with Gasteiger partial charge >= 0.3 is 12.1 Å². The van der Waals surface area contributed by atoms with E-state index in [1.54, 1.807) is 6.08 Å². The third-order valence-corrected chi connectivity index (χ3v) is 9.32. The monoisotopic (exact) mass is 514 g/mol. The van der Waals surface area contributed by atoms with Crippen LogP contribution in [0.4, 0.5) is 13.2 Å². The number of fused-ring (bicyclic) bond motifs is 5. The molecule has 7 heteroatoms. The maximum absolute atomic E-state index is 13.6. The second-order valence-electron chi connectivity index (χ2n) is 11.2. The Bertz CT molecular complexity index is 1240. The van der Waals surface area contributed by atoms with Gasteiger partial charge in [-0.1, -0.05) is 31.2 Å². The highest BCUT2D eigenvalue weighted by Crippen LogP contribution is 2.64. The molecule has 2 N–H and O–H groups in total. The highest BCUT2D eigenvalue weighted by Gasteiger charge is 2.60. The van der Waals surface area contributed by atoms with E-state index in [1.165, 1.54) is 36.3 Å². The lowest BCUT2D eigenvalue weighted by Gasteiger charge is -2.52. The molecule has 2 fully saturated rings. The minimum atomic E-state index is -4.53. The zero-order valence-corrected chi connectivity index (χ0v) is 21.1. The summed E-state index contributed by atoms with van der Waals surface area (Å²) in [5.41, 5.74) is 0.435. The van der Waals surface area contributed by atoms with Crippen LogP contribution in [0.2, 0.25) is 0 Å². The largest absolute Gasteiger partial charge is 0.427 e. The van der Waals surface area contributed by atoms with Crippen molar-refractivity contribution in [3.63, 3.8) is 0 Å². The number of benzene rings is 2. The smallest absolute Gasteiger partial charge is 0.416 e. The van der Waals surface area contributed by atoms with Gasteiger partial charge in [0.25, 0.3) is 0 Å². The molecule has 37 heavy (non-hydrogen) atoms. The standard InChI is InChI=1S/C30H33F3O4/c1-18(35)37-22-5-7-23-20(16-22)4-6-25-24(23)10-12-28(2)27(25)11-14-29(28,36)13-9-21-15-19(17-34)3-8-26(21)30(31,32)33/h3,5,7-9,13,15-16,24-25,27,34,36H,4,6,10-12,14,17H2,1-2H3/t24?,25?,27?,28-,29-/m0/s1. The van der Waals surface area contributed by atoms with Crippen LogP contribution in [0.15, 0.2) is 42.5 Å².